The van der Waals surface area contributed by atoms with Gasteiger partial charge < -0.3 is 14.8 Å². The first kappa shape index (κ1) is 10.1. The molecular weight excluding hydrogens is 204 g/mol. The SMILES string of the molecule is N#Cc1ccc(CNc2cccc(O)c2)o1. The smallest absolute Gasteiger partial charge is 0.203 e. The summed E-state index contributed by atoms with van der Waals surface area (Å²) >= 11 is 0. The van der Waals surface area contributed by atoms with Crippen molar-refractivity contribution < 1.29 is 9.52 Å². The lowest BCUT2D eigenvalue weighted by Crippen LogP contribution is -1.97. The molecule has 4 heteroatoms. The van der Waals surface area contributed by atoms with Gasteiger partial charge in [0.25, 0.3) is 0 Å². The number of anilines is 1. The van der Waals surface area contributed by atoms with E-state index in [-0.39, 0.29) is 5.75 Å². The Morgan fingerprint density at radius 2 is 2.19 bits per heavy atom. The minimum atomic E-state index is 0.210. The minimum Gasteiger partial charge on any atom is -0.508 e. The molecule has 2 rings (SSSR count). The first-order valence-electron chi connectivity index (χ1n) is 4.79. The number of nitriles is 1. The zero-order valence-corrected chi connectivity index (χ0v) is 8.47. The quantitative estimate of drug-likeness (QED) is 0.823. The molecule has 0 radical (unpaired) electrons. The van der Waals surface area contributed by atoms with Crippen LogP contribution in [0.5, 0.6) is 5.75 Å². The van der Waals surface area contributed by atoms with E-state index in [0.29, 0.717) is 18.1 Å². The molecule has 16 heavy (non-hydrogen) atoms. The maximum atomic E-state index is 9.25. The van der Waals surface area contributed by atoms with Crippen LogP contribution in [0.3, 0.4) is 0 Å². The molecule has 0 aliphatic carbocycles. The Morgan fingerprint density at radius 1 is 1.31 bits per heavy atom. The molecule has 0 spiro atoms. The third-order valence-electron chi connectivity index (χ3n) is 2.08. The number of hydrogen-bond acceptors (Lipinski definition) is 4. The van der Waals surface area contributed by atoms with E-state index in [4.69, 9.17) is 9.68 Å². The van der Waals surface area contributed by atoms with Crippen molar-refractivity contribution in [1.82, 2.24) is 0 Å². The number of phenolic OH excluding ortho intramolecular Hbond substituents is 1. The van der Waals surface area contributed by atoms with E-state index < -0.39 is 0 Å². The summed E-state index contributed by atoms with van der Waals surface area (Å²) in [5.74, 6) is 1.19. The van der Waals surface area contributed by atoms with Crippen molar-refractivity contribution >= 4 is 5.69 Å². The van der Waals surface area contributed by atoms with Crippen LogP contribution < -0.4 is 5.32 Å². The topological polar surface area (TPSA) is 69.2 Å². The summed E-state index contributed by atoms with van der Waals surface area (Å²) in [5.41, 5.74) is 0.801. The van der Waals surface area contributed by atoms with Crippen molar-refractivity contribution in [3.63, 3.8) is 0 Å². The first-order chi connectivity index (χ1) is 7.78. The van der Waals surface area contributed by atoms with Crippen LogP contribution in [0.15, 0.2) is 40.8 Å². The van der Waals surface area contributed by atoms with Crippen molar-refractivity contribution in [3.8, 4) is 11.8 Å². The van der Waals surface area contributed by atoms with Gasteiger partial charge in [0.1, 0.15) is 17.6 Å². The Labute approximate surface area is 92.7 Å². The Kier molecular flexibility index (Phi) is 2.79. The molecule has 0 bridgehead atoms. The first-order valence-corrected chi connectivity index (χ1v) is 4.79. The van der Waals surface area contributed by atoms with Gasteiger partial charge in [-0.1, -0.05) is 6.07 Å². The fourth-order valence-electron chi connectivity index (χ4n) is 1.34. The second-order valence-electron chi connectivity index (χ2n) is 3.28. The lowest BCUT2D eigenvalue weighted by molar-refractivity contribution is 0.475. The third-order valence-corrected chi connectivity index (χ3v) is 2.08. The van der Waals surface area contributed by atoms with Gasteiger partial charge in [-0.3, -0.25) is 0 Å². The Morgan fingerprint density at radius 3 is 2.88 bits per heavy atom. The average molecular weight is 214 g/mol. The van der Waals surface area contributed by atoms with Crippen molar-refractivity contribution in [2.75, 3.05) is 5.32 Å². The molecule has 0 saturated carbocycles. The molecule has 80 valence electrons. The summed E-state index contributed by atoms with van der Waals surface area (Å²) in [6.45, 7) is 0.477. The molecule has 0 unspecified atom stereocenters. The van der Waals surface area contributed by atoms with Crippen LogP contribution in [-0.2, 0) is 6.54 Å². The fraction of sp³-hybridized carbons (Fsp3) is 0.0833. The van der Waals surface area contributed by atoms with Gasteiger partial charge in [-0.05, 0) is 24.3 Å². The van der Waals surface area contributed by atoms with Crippen LogP contribution in [0.1, 0.15) is 11.5 Å². The predicted octanol–water partition coefficient (Wildman–Crippen LogP) is 2.47. The Bertz CT molecular complexity index is 526. The van der Waals surface area contributed by atoms with Crippen molar-refractivity contribution in [3.05, 3.63) is 47.9 Å². The Balaban J connectivity index is 2.00. The molecule has 0 fully saturated rings. The van der Waals surface area contributed by atoms with E-state index in [2.05, 4.69) is 5.32 Å². The number of nitrogens with one attached hydrogen (secondary N) is 1. The maximum Gasteiger partial charge on any atom is 0.203 e. The molecule has 0 aliphatic heterocycles. The summed E-state index contributed by atoms with van der Waals surface area (Å²) in [4.78, 5) is 0. The zero-order valence-electron chi connectivity index (χ0n) is 8.47. The molecule has 0 saturated heterocycles. The van der Waals surface area contributed by atoms with E-state index in [1.54, 1.807) is 30.3 Å². The fourth-order valence-corrected chi connectivity index (χ4v) is 1.34. The van der Waals surface area contributed by atoms with E-state index in [1.165, 1.54) is 0 Å². The van der Waals surface area contributed by atoms with Crippen LogP contribution in [0.25, 0.3) is 0 Å². The molecule has 1 heterocycles. The van der Waals surface area contributed by atoms with Crippen LogP contribution in [-0.4, -0.2) is 5.11 Å². The van der Waals surface area contributed by atoms with Crippen molar-refractivity contribution in [2.24, 2.45) is 0 Å². The molecule has 1 aromatic carbocycles. The highest BCUT2D eigenvalue weighted by Crippen LogP contribution is 2.16. The summed E-state index contributed by atoms with van der Waals surface area (Å²) < 4.78 is 5.20. The van der Waals surface area contributed by atoms with Gasteiger partial charge in [-0.25, -0.2) is 0 Å². The lowest BCUT2D eigenvalue weighted by atomic mass is 10.3. The van der Waals surface area contributed by atoms with Gasteiger partial charge in [0.05, 0.1) is 6.54 Å². The zero-order chi connectivity index (χ0) is 11.4. The number of furan rings is 1. The minimum absolute atomic E-state index is 0.210. The molecule has 2 aromatic rings. The number of rotatable bonds is 3. The van der Waals surface area contributed by atoms with Gasteiger partial charge >= 0.3 is 0 Å². The van der Waals surface area contributed by atoms with Crippen molar-refractivity contribution in [2.45, 2.75) is 6.54 Å². The number of phenols is 1. The predicted molar refractivity (Wildman–Crippen MR) is 58.9 cm³/mol. The molecule has 0 amide bonds. The number of aromatic hydroxyl groups is 1. The van der Waals surface area contributed by atoms with Crippen LogP contribution in [0, 0.1) is 11.3 Å². The standard InChI is InChI=1S/C12H10N2O2/c13-7-11-4-5-12(16-11)8-14-9-2-1-3-10(15)6-9/h1-6,14-15H,8H2. The molecule has 2 N–H and O–H groups in total. The molecule has 0 atom stereocenters. The van der Waals surface area contributed by atoms with Crippen molar-refractivity contribution in [1.29, 1.82) is 5.26 Å². The highest BCUT2D eigenvalue weighted by Gasteiger charge is 2.00. The third kappa shape index (κ3) is 2.34. The molecular formula is C12H10N2O2. The largest absolute Gasteiger partial charge is 0.508 e. The number of benzene rings is 1. The second-order valence-corrected chi connectivity index (χ2v) is 3.28. The summed E-state index contributed by atoms with van der Waals surface area (Å²) in [6, 6.07) is 12.1. The molecule has 4 nitrogen and oxygen atoms in total. The van der Waals surface area contributed by atoms with Gasteiger partial charge in [0.15, 0.2) is 0 Å². The van der Waals surface area contributed by atoms with E-state index >= 15 is 0 Å². The monoisotopic (exact) mass is 214 g/mol. The van der Waals surface area contributed by atoms with E-state index in [9.17, 15) is 5.11 Å². The highest BCUT2D eigenvalue weighted by molar-refractivity contribution is 5.47. The van der Waals surface area contributed by atoms with Crippen LogP contribution in [0.2, 0.25) is 0 Å². The second kappa shape index (κ2) is 4.41. The van der Waals surface area contributed by atoms with E-state index in [0.717, 1.165) is 5.69 Å². The average Bonchev–Trinajstić information content (AvgIpc) is 2.74. The van der Waals surface area contributed by atoms with Crippen LogP contribution in [0.4, 0.5) is 5.69 Å². The highest BCUT2D eigenvalue weighted by atomic mass is 16.3. The lowest BCUT2D eigenvalue weighted by Gasteiger charge is -2.04. The van der Waals surface area contributed by atoms with E-state index in [1.807, 2.05) is 12.1 Å². The van der Waals surface area contributed by atoms with Gasteiger partial charge in [0, 0.05) is 11.8 Å². The summed E-state index contributed by atoms with van der Waals surface area (Å²) in [7, 11) is 0. The molecule has 0 aliphatic rings. The van der Waals surface area contributed by atoms with Gasteiger partial charge in [0.2, 0.25) is 5.76 Å². The summed E-state index contributed by atoms with van der Waals surface area (Å²) in [5, 5.41) is 20.9. The van der Waals surface area contributed by atoms with Crippen LogP contribution >= 0.6 is 0 Å². The number of hydrogen-bond donors (Lipinski definition) is 2. The normalized spacial score (nSPS) is 9.69. The Hall–Kier alpha value is -2.41. The summed E-state index contributed by atoms with van der Waals surface area (Å²) in [6.07, 6.45) is 0. The molecule has 1 aromatic heterocycles. The maximum absolute atomic E-state index is 9.25. The number of nitrogens with zero attached hydrogens (tertiary/aromatic N) is 1. The van der Waals surface area contributed by atoms with Gasteiger partial charge in [-0.15, -0.1) is 0 Å². The van der Waals surface area contributed by atoms with Gasteiger partial charge in [-0.2, -0.15) is 5.26 Å².